The van der Waals surface area contributed by atoms with Crippen molar-refractivity contribution in [3.63, 3.8) is 0 Å². The third-order valence-electron chi connectivity index (χ3n) is 11.9. The van der Waals surface area contributed by atoms with E-state index in [4.69, 9.17) is 4.74 Å². The van der Waals surface area contributed by atoms with Gasteiger partial charge in [-0.05, 0) is 134 Å². The zero-order valence-electron chi connectivity index (χ0n) is 23.0. The van der Waals surface area contributed by atoms with Crippen LogP contribution in [0.5, 0.6) is 0 Å². The van der Waals surface area contributed by atoms with Crippen LogP contribution in [0.3, 0.4) is 0 Å². The third kappa shape index (κ3) is 4.09. The second kappa shape index (κ2) is 9.70. The summed E-state index contributed by atoms with van der Waals surface area (Å²) in [6.07, 6.45) is 14.6. The lowest BCUT2D eigenvalue weighted by molar-refractivity contribution is -0.182. The molecule has 1 aromatic rings. The van der Waals surface area contributed by atoms with Gasteiger partial charge >= 0.3 is 0 Å². The Kier molecular flexibility index (Phi) is 7.10. The molecular formula is C29H50N4O2. The molecule has 9 atom stereocenters. The van der Waals surface area contributed by atoms with E-state index in [2.05, 4.69) is 36.3 Å². The zero-order chi connectivity index (χ0) is 24.8. The van der Waals surface area contributed by atoms with Gasteiger partial charge in [-0.3, -0.25) is 0 Å². The molecule has 0 aromatic carbocycles. The minimum absolute atomic E-state index is 0.282. The Balaban J connectivity index is 1.39. The maximum atomic E-state index is 11.4. The number of tetrazole rings is 1. The van der Waals surface area contributed by atoms with E-state index in [1.807, 2.05) is 18.7 Å². The molecule has 198 valence electrons. The van der Waals surface area contributed by atoms with Crippen molar-refractivity contribution >= 4 is 0 Å². The van der Waals surface area contributed by atoms with Gasteiger partial charge in [0.2, 0.25) is 0 Å². The van der Waals surface area contributed by atoms with Gasteiger partial charge in [-0.15, -0.1) is 5.10 Å². The van der Waals surface area contributed by atoms with Crippen molar-refractivity contribution in [2.24, 2.45) is 46.3 Å². The number of aryl methyl sites for hydroxylation is 1. The normalized spacial score (nSPS) is 43.9. The fourth-order valence-corrected chi connectivity index (χ4v) is 10.6. The molecule has 1 N–H and O–H groups in total. The molecule has 4 aliphatic carbocycles. The summed E-state index contributed by atoms with van der Waals surface area (Å²) in [5.74, 6) is 5.37. The Morgan fingerprint density at radius 1 is 1.06 bits per heavy atom. The van der Waals surface area contributed by atoms with Gasteiger partial charge in [0, 0.05) is 13.7 Å². The Morgan fingerprint density at radius 2 is 1.86 bits per heavy atom. The summed E-state index contributed by atoms with van der Waals surface area (Å²) in [7, 11) is 1.91. The SMILES string of the molecule is CCC[C@@]1(O)CC[C@@]2(COC)[C@H](CC[C@@H]3[C@@H]2CC[C@]2(CC)[C@@H](C(C)Cn4nnnc4C)CC[C@@H]32)C1. The van der Waals surface area contributed by atoms with Crippen LogP contribution in [0.15, 0.2) is 0 Å². The number of hydrogen-bond donors (Lipinski definition) is 1. The van der Waals surface area contributed by atoms with Crippen LogP contribution < -0.4 is 0 Å². The van der Waals surface area contributed by atoms with E-state index in [1.54, 1.807) is 0 Å². The number of methoxy groups -OCH3 is 1. The van der Waals surface area contributed by atoms with Crippen LogP contribution in [-0.4, -0.2) is 44.6 Å². The van der Waals surface area contributed by atoms with Gasteiger partial charge in [0.15, 0.2) is 0 Å². The predicted molar refractivity (Wildman–Crippen MR) is 138 cm³/mol. The Morgan fingerprint density at radius 3 is 2.54 bits per heavy atom. The molecule has 4 fully saturated rings. The Labute approximate surface area is 213 Å². The molecule has 1 unspecified atom stereocenters. The van der Waals surface area contributed by atoms with Crippen LogP contribution in [0.25, 0.3) is 0 Å². The highest BCUT2D eigenvalue weighted by Crippen LogP contribution is 2.70. The molecular weight excluding hydrogens is 436 g/mol. The fourth-order valence-electron chi connectivity index (χ4n) is 10.6. The molecule has 0 spiro atoms. The van der Waals surface area contributed by atoms with Gasteiger partial charge in [0.1, 0.15) is 5.82 Å². The number of hydrogen-bond acceptors (Lipinski definition) is 5. The van der Waals surface area contributed by atoms with Crippen molar-refractivity contribution in [3.8, 4) is 0 Å². The molecule has 6 nitrogen and oxygen atoms in total. The highest BCUT2D eigenvalue weighted by Gasteiger charge is 2.63. The molecule has 4 saturated carbocycles. The topological polar surface area (TPSA) is 73.1 Å². The maximum Gasteiger partial charge on any atom is 0.148 e. The molecule has 6 heteroatoms. The highest BCUT2D eigenvalue weighted by atomic mass is 16.5. The quantitative estimate of drug-likeness (QED) is 0.501. The molecule has 0 radical (unpaired) electrons. The summed E-state index contributed by atoms with van der Waals surface area (Å²) in [4.78, 5) is 0. The molecule has 5 rings (SSSR count). The minimum Gasteiger partial charge on any atom is -0.390 e. The largest absolute Gasteiger partial charge is 0.390 e. The third-order valence-corrected chi connectivity index (χ3v) is 11.9. The molecule has 35 heavy (non-hydrogen) atoms. The van der Waals surface area contributed by atoms with Gasteiger partial charge < -0.3 is 9.84 Å². The lowest BCUT2D eigenvalue weighted by Gasteiger charge is -2.63. The van der Waals surface area contributed by atoms with E-state index in [0.717, 1.165) is 74.8 Å². The molecule has 0 saturated heterocycles. The molecule has 0 amide bonds. The van der Waals surface area contributed by atoms with Gasteiger partial charge in [-0.25, -0.2) is 4.68 Å². The second-order valence-corrected chi connectivity index (χ2v) is 13.2. The number of rotatable bonds is 8. The van der Waals surface area contributed by atoms with Crippen molar-refractivity contribution in [1.82, 2.24) is 20.2 Å². The van der Waals surface area contributed by atoms with Crippen LogP contribution in [0.1, 0.15) is 104 Å². The van der Waals surface area contributed by atoms with Crippen molar-refractivity contribution in [2.45, 2.75) is 117 Å². The van der Waals surface area contributed by atoms with E-state index < -0.39 is 5.60 Å². The van der Waals surface area contributed by atoms with Crippen molar-refractivity contribution in [3.05, 3.63) is 5.82 Å². The van der Waals surface area contributed by atoms with E-state index >= 15 is 0 Å². The number of ether oxygens (including phenoxy) is 1. The van der Waals surface area contributed by atoms with E-state index in [1.165, 1.54) is 44.9 Å². The van der Waals surface area contributed by atoms with E-state index in [9.17, 15) is 5.11 Å². The summed E-state index contributed by atoms with van der Waals surface area (Å²) in [6, 6.07) is 0. The predicted octanol–water partition coefficient (Wildman–Crippen LogP) is 5.82. The lowest BCUT2D eigenvalue weighted by atomic mass is 9.42. The first-order valence-electron chi connectivity index (χ1n) is 14.8. The minimum atomic E-state index is -0.437. The zero-order valence-corrected chi connectivity index (χ0v) is 23.0. The number of aromatic nitrogens is 4. The van der Waals surface area contributed by atoms with Crippen LogP contribution in [0.4, 0.5) is 0 Å². The lowest BCUT2D eigenvalue weighted by Crippen LogP contribution is -2.59. The molecule has 1 heterocycles. The molecule has 4 aliphatic rings. The summed E-state index contributed by atoms with van der Waals surface area (Å²) in [5, 5.41) is 23.7. The van der Waals surface area contributed by atoms with Gasteiger partial charge in [-0.1, -0.05) is 27.2 Å². The molecule has 1 aromatic heterocycles. The number of aliphatic hydroxyl groups is 1. The van der Waals surface area contributed by atoms with E-state index in [-0.39, 0.29) is 5.41 Å². The fraction of sp³-hybridized carbons (Fsp3) is 0.966. The first kappa shape index (κ1) is 25.6. The van der Waals surface area contributed by atoms with Crippen LogP contribution in [0, 0.1) is 53.3 Å². The number of nitrogens with zero attached hydrogens (tertiary/aromatic N) is 4. The Hall–Kier alpha value is -1.01. The molecule has 0 aliphatic heterocycles. The highest BCUT2D eigenvalue weighted by molar-refractivity contribution is 5.12. The maximum absolute atomic E-state index is 11.4. The summed E-state index contributed by atoms with van der Waals surface area (Å²) < 4.78 is 8.03. The molecule has 0 bridgehead atoms. The summed E-state index contributed by atoms with van der Waals surface area (Å²) in [6.45, 7) is 11.0. The standard InChI is InChI=1S/C29H50N4O2/c1-6-13-27(34)15-16-29(19-35-5)22(17-27)8-9-23-25-11-10-24(28(25,7-2)14-12-26(23)29)20(3)18-33-21(4)30-31-32-33/h20,22-26,34H,6-19H2,1-5H3/t20?,22-,23+,24-,25+,26+,27-,28-,29-/m1/s1. The average molecular weight is 487 g/mol. The van der Waals surface area contributed by atoms with Crippen LogP contribution >= 0.6 is 0 Å². The summed E-state index contributed by atoms with van der Waals surface area (Å²) >= 11 is 0. The van der Waals surface area contributed by atoms with Crippen LogP contribution in [-0.2, 0) is 11.3 Å². The van der Waals surface area contributed by atoms with Gasteiger partial charge in [-0.2, -0.15) is 0 Å². The number of fused-ring (bicyclic) bond motifs is 5. The van der Waals surface area contributed by atoms with Gasteiger partial charge in [0.05, 0.1) is 12.2 Å². The van der Waals surface area contributed by atoms with Crippen molar-refractivity contribution < 1.29 is 9.84 Å². The second-order valence-electron chi connectivity index (χ2n) is 13.2. The van der Waals surface area contributed by atoms with Crippen molar-refractivity contribution in [2.75, 3.05) is 13.7 Å². The van der Waals surface area contributed by atoms with Crippen molar-refractivity contribution in [1.29, 1.82) is 0 Å². The summed E-state index contributed by atoms with van der Waals surface area (Å²) in [5.41, 5.74) is 0.319. The van der Waals surface area contributed by atoms with Crippen LogP contribution in [0.2, 0.25) is 0 Å². The smallest absolute Gasteiger partial charge is 0.148 e. The Bertz CT molecular complexity index is 875. The average Bonchev–Trinajstić information content (AvgIpc) is 3.43. The first-order chi connectivity index (χ1) is 16.8. The first-order valence-corrected chi connectivity index (χ1v) is 14.8. The van der Waals surface area contributed by atoms with E-state index in [0.29, 0.717) is 17.3 Å². The van der Waals surface area contributed by atoms with Gasteiger partial charge in [0.25, 0.3) is 0 Å². The monoisotopic (exact) mass is 486 g/mol.